The number of halogens is 1. The van der Waals surface area contributed by atoms with Crippen molar-refractivity contribution in [2.75, 3.05) is 12.9 Å². The topological polar surface area (TPSA) is 58.6 Å². The van der Waals surface area contributed by atoms with Crippen molar-refractivity contribution in [1.82, 2.24) is 10.2 Å². The molecule has 3 aromatic rings. The maximum atomic E-state index is 13.7. The molecule has 0 aromatic heterocycles. The zero-order valence-corrected chi connectivity index (χ0v) is 23.4. The molecule has 1 atom stereocenters. The van der Waals surface area contributed by atoms with Crippen LogP contribution < -0.4 is 10.1 Å². The van der Waals surface area contributed by atoms with Crippen LogP contribution in [0, 0.1) is 0 Å². The van der Waals surface area contributed by atoms with Gasteiger partial charge < -0.3 is 15.0 Å². The van der Waals surface area contributed by atoms with Gasteiger partial charge in [0, 0.05) is 29.3 Å². The number of nitrogens with one attached hydrogen (secondary N) is 1. The van der Waals surface area contributed by atoms with E-state index in [2.05, 4.69) is 5.32 Å². The lowest BCUT2D eigenvalue weighted by Crippen LogP contribution is -2.54. The minimum atomic E-state index is -0.688. The Morgan fingerprint density at radius 2 is 1.59 bits per heavy atom. The molecule has 0 aliphatic carbocycles. The van der Waals surface area contributed by atoms with E-state index >= 15 is 0 Å². The number of ether oxygens (including phenoxy) is 1. The van der Waals surface area contributed by atoms with Crippen LogP contribution in [0.3, 0.4) is 0 Å². The van der Waals surface area contributed by atoms with Gasteiger partial charge >= 0.3 is 0 Å². The van der Waals surface area contributed by atoms with Crippen LogP contribution in [0.4, 0.5) is 0 Å². The molecule has 0 saturated carbocycles. The fourth-order valence-electron chi connectivity index (χ4n) is 3.88. The number of benzene rings is 3. The molecule has 0 heterocycles. The fraction of sp³-hybridized carbons (Fsp3) is 0.333. The molecule has 0 spiro atoms. The second-order valence-electron chi connectivity index (χ2n) is 9.90. The van der Waals surface area contributed by atoms with Crippen molar-refractivity contribution in [2.24, 2.45) is 0 Å². The normalized spacial score (nSPS) is 12.0. The van der Waals surface area contributed by atoms with Crippen LogP contribution in [0.5, 0.6) is 5.75 Å². The van der Waals surface area contributed by atoms with Crippen molar-refractivity contribution in [3.8, 4) is 5.75 Å². The van der Waals surface area contributed by atoms with Crippen LogP contribution in [0.25, 0.3) is 0 Å². The zero-order valence-electron chi connectivity index (χ0n) is 21.9. The number of hydrogen-bond donors (Lipinski definition) is 1. The first-order valence-electron chi connectivity index (χ1n) is 12.3. The fourth-order valence-corrected chi connectivity index (χ4v) is 4.94. The molecule has 2 amide bonds. The first-order valence-corrected chi connectivity index (χ1v) is 13.8. The largest absolute Gasteiger partial charge is 0.497 e. The molecule has 3 aromatic carbocycles. The van der Waals surface area contributed by atoms with Crippen molar-refractivity contribution in [3.05, 3.63) is 101 Å². The van der Waals surface area contributed by atoms with Crippen LogP contribution in [0.2, 0.25) is 5.02 Å². The molecule has 7 heteroatoms. The minimum Gasteiger partial charge on any atom is -0.497 e. The molecule has 0 saturated heterocycles. The van der Waals surface area contributed by atoms with Gasteiger partial charge in [0.2, 0.25) is 11.8 Å². The van der Waals surface area contributed by atoms with Crippen LogP contribution in [-0.4, -0.2) is 41.2 Å². The van der Waals surface area contributed by atoms with Crippen molar-refractivity contribution in [1.29, 1.82) is 0 Å². The quantitative estimate of drug-likeness (QED) is 0.319. The van der Waals surface area contributed by atoms with Crippen LogP contribution >= 0.6 is 23.4 Å². The Balaban J connectivity index is 1.85. The lowest BCUT2D eigenvalue weighted by molar-refractivity contribution is -0.140. The van der Waals surface area contributed by atoms with Crippen LogP contribution in [-0.2, 0) is 28.3 Å². The van der Waals surface area contributed by atoms with E-state index in [0.717, 1.165) is 22.4 Å². The third-order valence-corrected chi connectivity index (χ3v) is 7.08. The highest BCUT2D eigenvalue weighted by Crippen LogP contribution is 2.23. The summed E-state index contributed by atoms with van der Waals surface area (Å²) in [6.45, 7) is 6.07. The minimum absolute atomic E-state index is 0.108. The number of rotatable bonds is 11. The first-order chi connectivity index (χ1) is 17.7. The molecule has 0 aliphatic heterocycles. The summed E-state index contributed by atoms with van der Waals surface area (Å²) >= 11 is 8.00. The lowest BCUT2D eigenvalue weighted by atomic mass is 10.0. The number of thioether (sulfide) groups is 1. The highest BCUT2D eigenvalue weighted by atomic mass is 35.5. The van der Waals surface area contributed by atoms with Gasteiger partial charge in [-0.1, -0.05) is 72.3 Å². The van der Waals surface area contributed by atoms with Crippen molar-refractivity contribution in [3.63, 3.8) is 0 Å². The molecule has 37 heavy (non-hydrogen) atoms. The summed E-state index contributed by atoms with van der Waals surface area (Å²) in [6, 6.07) is 24.4. The van der Waals surface area contributed by atoms with Gasteiger partial charge in [-0.3, -0.25) is 9.59 Å². The number of nitrogens with zero attached hydrogens (tertiary/aromatic N) is 1. The Morgan fingerprint density at radius 3 is 2.22 bits per heavy atom. The lowest BCUT2D eigenvalue weighted by Gasteiger charge is -2.34. The molecule has 0 fully saturated rings. The SMILES string of the molecule is COc1ccc(CSCC(=O)N(Cc2ccccc2Cl)[C@H](Cc2ccccc2)C(=O)NC(C)(C)C)cc1. The highest BCUT2D eigenvalue weighted by Gasteiger charge is 2.32. The summed E-state index contributed by atoms with van der Waals surface area (Å²) in [5.41, 5.74) is 2.45. The van der Waals surface area contributed by atoms with Gasteiger partial charge in [-0.05, 0) is 55.7 Å². The van der Waals surface area contributed by atoms with Crippen molar-refractivity contribution >= 4 is 35.2 Å². The second kappa shape index (κ2) is 13.5. The van der Waals surface area contributed by atoms with E-state index in [-0.39, 0.29) is 24.1 Å². The number of carbonyl (C=O) groups excluding carboxylic acids is 2. The molecule has 3 rings (SSSR count). The van der Waals surface area contributed by atoms with Gasteiger partial charge in [0.05, 0.1) is 12.9 Å². The first kappa shape index (κ1) is 28.6. The molecule has 0 radical (unpaired) electrons. The molecule has 5 nitrogen and oxygen atoms in total. The monoisotopic (exact) mass is 538 g/mol. The smallest absolute Gasteiger partial charge is 0.243 e. The maximum absolute atomic E-state index is 13.7. The Bertz CT molecular complexity index is 1160. The molecule has 196 valence electrons. The zero-order chi connectivity index (χ0) is 26.8. The van der Waals surface area contributed by atoms with E-state index in [1.165, 1.54) is 11.8 Å². The third kappa shape index (κ3) is 9.13. The predicted molar refractivity (Wildman–Crippen MR) is 153 cm³/mol. The van der Waals surface area contributed by atoms with Crippen LogP contribution in [0.1, 0.15) is 37.5 Å². The summed E-state index contributed by atoms with van der Waals surface area (Å²) < 4.78 is 5.23. The number of carbonyl (C=O) groups is 2. The van der Waals surface area contributed by atoms with E-state index in [1.807, 2.05) is 93.6 Å². The standard InChI is InChI=1S/C30H35ClN2O3S/c1-30(2,3)32-29(35)27(18-22-10-6-5-7-11-22)33(19-24-12-8-9-13-26(24)31)28(34)21-37-20-23-14-16-25(36-4)17-15-23/h5-17,27H,18-21H2,1-4H3,(H,32,35)/t27-/m1/s1. The van der Waals surface area contributed by atoms with Gasteiger partial charge in [-0.2, -0.15) is 0 Å². The number of amides is 2. The van der Waals surface area contributed by atoms with Gasteiger partial charge in [0.15, 0.2) is 0 Å². The Kier molecular flexibility index (Phi) is 10.5. The van der Waals surface area contributed by atoms with E-state index < -0.39 is 11.6 Å². The van der Waals surface area contributed by atoms with E-state index in [0.29, 0.717) is 17.2 Å². The van der Waals surface area contributed by atoms with Gasteiger partial charge in [-0.25, -0.2) is 0 Å². The molecule has 0 bridgehead atoms. The Labute approximate surface area is 229 Å². The van der Waals surface area contributed by atoms with Gasteiger partial charge in [0.1, 0.15) is 11.8 Å². The van der Waals surface area contributed by atoms with E-state index in [4.69, 9.17) is 16.3 Å². The summed E-state index contributed by atoms with van der Waals surface area (Å²) in [6.07, 6.45) is 0.405. The summed E-state index contributed by atoms with van der Waals surface area (Å²) in [5.74, 6) is 1.42. The Hall–Kier alpha value is -2.96. The van der Waals surface area contributed by atoms with Gasteiger partial charge in [0.25, 0.3) is 0 Å². The maximum Gasteiger partial charge on any atom is 0.243 e. The highest BCUT2D eigenvalue weighted by molar-refractivity contribution is 7.99. The number of methoxy groups -OCH3 is 1. The third-order valence-electron chi connectivity index (χ3n) is 5.72. The van der Waals surface area contributed by atoms with Gasteiger partial charge in [-0.15, -0.1) is 11.8 Å². The van der Waals surface area contributed by atoms with Crippen molar-refractivity contribution < 1.29 is 14.3 Å². The summed E-state index contributed by atoms with van der Waals surface area (Å²) in [5, 5.41) is 3.65. The molecule has 0 unspecified atom stereocenters. The summed E-state index contributed by atoms with van der Waals surface area (Å²) in [7, 11) is 1.64. The number of hydrogen-bond acceptors (Lipinski definition) is 4. The second-order valence-corrected chi connectivity index (χ2v) is 11.3. The van der Waals surface area contributed by atoms with Crippen LogP contribution in [0.15, 0.2) is 78.9 Å². The molecule has 1 N–H and O–H groups in total. The van der Waals surface area contributed by atoms with Crippen molar-refractivity contribution in [2.45, 2.75) is 51.1 Å². The molecule has 0 aliphatic rings. The summed E-state index contributed by atoms with van der Waals surface area (Å²) in [4.78, 5) is 29.0. The molecular weight excluding hydrogens is 504 g/mol. The Morgan fingerprint density at radius 1 is 0.946 bits per heavy atom. The average Bonchev–Trinajstić information content (AvgIpc) is 2.87. The molecular formula is C30H35ClN2O3S. The van der Waals surface area contributed by atoms with E-state index in [9.17, 15) is 9.59 Å². The average molecular weight is 539 g/mol. The predicted octanol–water partition coefficient (Wildman–Crippen LogP) is 6.14. The van der Waals surface area contributed by atoms with E-state index in [1.54, 1.807) is 18.1 Å².